The molecule has 1 N–H and O–H groups in total. The number of hydrogen-bond donors (Lipinski definition) is 1. The van der Waals surface area contributed by atoms with E-state index in [1.165, 1.54) is 44.1 Å². The van der Waals surface area contributed by atoms with Gasteiger partial charge in [0.15, 0.2) is 0 Å². The first-order valence-corrected chi connectivity index (χ1v) is 8.49. The van der Waals surface area contributed by atoms with E-state index in [9.17, 15) is 4.79 Å². The molecule has 4 heteroatoms. The molecule has 3 rings (SSSR count). The fourth-order valence-corrected chi connectivity index (χ4v) is 3.27. The maximum Gasteiger partial charge on any atom is 0.252 e. The third-order valence-electron chi connectivity index (χ3n) is 4.57. The van der Waals surface area contributed by atoms with Crippen LogP contribution in [-0.2, 0) is 0 Å². The molecule has 1 aromatic rings. The Kier molecular flexibility index (Phi) is 5.09. The van der Waals surface area contributed by atoms with Gasteiger partial charge in [-0.05, 0) is 51.0 Å². The number of amides is 1. The van der Waals surface area contributed by atoms with Gasteiger partial charge in [-0.1, -0.05) is 11.6 Å². The molecule has 1 aliphatic heterocycles. The van der Waals surface area contributed by atoms with E-state index < -0.39 is 0 Å². The molecule has 2 heterocycles. The molecule has 1 aliphatic carbocycles. The average Bonchev–Trinajstić information content (AvgIpc) is 3.10. The van der Waals surface area contributed by atoms with E-state index in [-0.39, 0.29) is 5.91 Å². The molecule has 1 saturated heterocycles. The van der Waals surface area contributed by atoms with Crippen molar-refractivity contribution in [2.24, 2.45) is 0 Å². The van der Waals surface area contributed by atoms with Gasteiger partial charge in [0, 0.05) is 25.8 Å². The van der Waals surface area contributed by atoms with Gasteiger partial charge in [0.2, 0.25) is 0 Å². The zero-order valence-corrected chi connectivity index (χ0v) is 13.2. The first kappa shape index (κ1) is 15.1. The SMILES string of the molecule is O=C(NCCC1=CCCCC1)c1cncc(N2CCCC2)c1. The predicted octanol–water partition coefficient (Wildman–Crippen LogP) is 3.30. The summed E-state index contributed by atoms with van der Waals surface area (Å²) in [5.74, 6) is -0.00930. The van der Waals surface area contributed by atoms with Crippen LogP contribution in [0.5, 0.6) is 0 Å². The molecule has 1 amide bonds. The Bertz CT molecular complexity index is 547. The van der Waals surface area contributed by atoms with Gasteiger partial charge in [-0.2, -0.15) is 0 Å². The minimum Gasteiger partial charge on any atom is -0.370 e. The maximum atomic E-state index is 12.3. The van der Waals surface area contributed by atoms with Crippen molar-refractivity contribution >= 4 is 11.6 Å². The van der Waals surface area contributed by atoms with Crippen LogP contribution in [-0.4, -0.2) is 30.5 Å². The van der Waals surface area contributed by atoms with Gasteiger partial charge >= 0.3 is 0 Å². The molecule has 1 fully saturated rings. The lowest BCUT2D eigenvalue weighted by Crippen LogP contribution is -2.26. The first-order chi connectivity index (χ1) is 10.8. The van der Waals surface area contributed by atoms with Crippen LogP contribution in [0, 0.1) is 0 Å². The number of nitrogens with zero attached hydrogens (tertiary/aromatic N) is 2. The molecule has 0 aromatic carbocycles. The Morgan fingerprint density at radius 3 is 2.82 bits per heavy atom. The van der Waals surface area contributed by atoms with Crippen molar-refractivity contribution in [3.8, 4) is 0 Å². The zero-order valence-electron chi connectivity index (χ0n) is 13.2. The van der Waals surface area contributed by atoms with Gasteiger partial charge in [0.1, 0.15) is 0 Å². The molecule has 0 bridgehead atoms. The van der Waals surface area contributed by atoms with Crippen LogP contribution in [0.15, 0.2) is 30.1 Å². The second-order valence-corrected chi connectivity index (χ2v) is 6.24. The van der Waals surface area contributed by atoms with Crippen molar-refractivity contribution in [1.29, 1.82) is 0 Å². The summed E-state index contributed by atoms with van der Waals surface area (Å²) in [7, 11) is 0. The average molecular weight is 299 g/mol. The lowest BCUT2D eigenvalue weighted by molar-refractivity contribution is 0.0953. The summed E-state index contributed by atoms with van der Waals surface area (Å²) >= 11 is 0. The minimum atomic E-state index is -0.00930. The van der Waals surface area contributed by atoms with Crippen LogP contribution in [0.1, 0.15) is 55.3 Å². The van der Waals surface area contributed by atoms with Crippen molar-refractivity contribution < 1.29 is 4.79 Å². The standard InChI is InChI=1S/C18H25N3O/c22-18(20-9-8-15-6-2-1-3-7-15)16-12-17(14-19-13-16)21-10-4-5-11-21/h6,12-14H,1-5,7-11H2,(H,20,22). The zero-order chi connectivity index (χ0) is 15.2. The normalized spacial score (nSPS) is 18.2. The minimum absolute atomic E-state index is 0.00930. The van der Waals surface area contributed by atoms with E-state index in [2.05, 4.69) is 21.3 Å². The highest BCUT2D eigenvalue weighted by Crippen LogP contribution is 2.21. The fraction of sp³-hybridized carbons (Fsp3) is 0.556. The summed E-state index contributed by atoms with van der Waals surface area (Å²) in [6, 6.07) is 1.97. The molecule has 0 unspecified atom stereocenters. The number of anilines is 1. The summed E-state index contributed by atoms with van der Waals surface area (Å²) in [4.78, 5) is 18.8. The van der Waals surface area contributed by atoms with Crippen LogP contribution in [0.3, 0.4) is 0 Å². The van der Waals surface area contributed by atoms with E-state index in [1.807, 2.05) is 12.3 Å². The van der Waals surface area contributed by atoms with Crippen LogP contribution < -0.4 is 10.2 Å². The lowest BCUT2D eigenvalue weighted by atomic mass is 9.97. The number of nitrogens with one attached hydrogen (secondary N) is 1. The Balaban J connectivity index is 1.53. The van der Waals surface area contributed by atoms with Crippen LogP contribution >= 0.6 is 0 Å². The highest BCUT2D eigenvalue weighted by atomic mass is 16.1. The van der Waals surface area contributed by atoms with E-state index in [1.54, 1.807) is 6.20 Å². The maximum absolute atomic E-state index is 12.3. The van der Waals surface area contributed by atoms with Crippen molar-refractivity contribution in [1.82, 2.24) is 10.3 Å². The van der Waals surface area contributed by atoms with Crippen molar-refractivity contribution in [2.45, 2.75) is 44.9 Å². The van der Waals surface area contributed by atoms with Crippen LogP contribution in [0.4, 0.5) is 5.69 Å². The molecule has 0 radical (unpaired) electrons. The van der Waals surface area contributed by atoms with Gasteiger partial charge in [0.05, 0.1) is 17.4 Å². The molecule has 22 heavy (non-hydrogen) atoms. The molecular formula is C18H25N3O. The number of hydrogen-bond acceptors (Lipinski definition) is 3. The molecule has 118 valence electrons. The van der Waals surface area contributed by atoms with E-state index in [0.29, 0.717) is 5.56 Å². The Morgan fingerprint density at radius 1 is 1.18 bits per heavy atom. The van der Waals surface area contributed by atoms with Gasteiger partial charge in [-0.15, -0.1) is 0 Å². The summed E-state index contributed by atoms with van der Waals surface area (Å²) in [5.41, 5.74) is 3.23. The summed E-state index contributed by atoms with van der Waals surface area (Å²) in [6.45, 7) is 2.86. The predicted molar refractivity (Wildman–Crippen MR) is 89.2 cm³/mol. The quantitative estimate of drug-likeness (QED) is 0.849. The molecular weight excluding hydrogens is 274 g/mol. The number of rotatable bonds is 5. The third-order valence-corrected chi connectivity index (χ3v) is 4.57. The smallest absolute Gasteiger partial charge is 0.252 e. The largest absolute Gasteiger partial charge is 0.370 e. The van der Waals surface area contributed by atoms with Gasteiger partial charge in [0.25, 0.3) is 5.91 Å². The van der Waals surface area contributed by atoms with Crippen molar-refractivity contribution in [2.75, 3.05) is 24.5 Å². The molecule has 4 nitrogen and oxygen atoms in total. The molecule has 1 aromatic heterocycles. The second-order valence-electron chi connectivity index (χ2n) is 6.24. The fourth-order valence-electron chi connectivity index (χ4n) is 3.27. The third kappa shape index (κ3) is 3.87. The van der Waals surface area contributed by atoms with Crippen molar-refractivity contribution in [3.63, 3.8) is 0 Å². The molecule has 2 aliphatic rings. The number of aromatic nitrogens is 1. The number of carbonyl (C=O) groups excluding carboxylic acids is 1. The summed E-state index contributed by atoms with van der Waals surface area (Å²) < 4.78 is 0. The first-order valence-electron chi connectivity index (χ1n) is 8.49. The summed E-state index contributed by atoms with van der Waals surface area (Å²) in [5, 5.41) is 3.03. The second kappa shape index (κ2) is 7.43. The monoisotopic (exact) mass is 299 g/mol. The molecule has 0 atom stereocenters. The van der Waals surface area contributed by atoms with Gasteiger partial charge in [-0.3, -0.25) is 9.78 Å². The Morgan fingerprint density at radius 2 is 2.05 bits per heavy atom. The number of carbonyl (C=O) groups is 1. The Hall–Kier alpha value is -1.84. The van der Waals surface area contributed by atoms with E-state index >= 15 is 0 Å². The van der Waals surface area contributed by atoms with E-state index in [0.717, 1.165) is 31.7 Å². The molecule has 0 spiro atoms. The van der Waals surface area contributed by atoms with Gasteiger partial charge in [-0.25, -0.2) is 0 Å². The number of pyridine rings is 1. The van der Waals surface area contributed by atoms with Crippen LogP contribution in [0.2, 0.25) is 0 Å². The van der Waals surface area contributed by atoms with Gasteiger partial charge < -0.3 is 10.2 Å². The lowest BCUT2D eigenvalue weighted by Gasteiger charge is -2.17. The van der Waals surface area contributed by atoms with E-state index in [4.69, 9.17) is 0 Å². The topological polar surface area (TPSA) is 45.2 Å². The summed E-state index contributed by atoms with van der Waals surface area (Å²) in [6.07, 6.45) is 14.3. The highest BCUT2D eigenvalue weighted by Gasteiger charge is 2.14. The number of allylic oxidation sites excluding steroid dienone is 1. The molecule has 0 saturated carbocycles. The highest BCUT2D eigenvalue weighted by molar-refractivity contribution is 5.94. The van der Waals surface area contributed by atoms with Crippen molar-refractivity contribution in [3.05, 3.63) is 35.7 Å². The Labute approximate surface area is 132 Å². The van der Waals surface area contributed by atoms with Crippen LogP contribution in [0.25, 0.3) is 0 Å².